The minimum atomic E-state index is -3.08. The van der Waals surface area contributed by atoms with Gasteiger partial charge in [0, 0.05) is 33.2 Å². The van der Waals surface area contributed by atoms with E-state index in [-0.39, 0.29) is 29.7 Å². The molecule has 0 aliphatic rings. The third-order valence-corrected chi connectivity index (χ3v) is 5.74. The molecule has 0 saturated heterocycles. The Morgan fingerprint density at radius 1 is 1.17 bits per heavy atom. The minimum absolute atomic E-state index is 0. The maximum Gasteiger partial charge on any atom is 0.213 e. The van der Waals surface area contributed by atoms with Crippen molar-refractivity contribution in [1.29, 1.82) is 0 Å². The summed E-state index contributed by atoms with van der Waals surface area (Å²) in [7, 11) is 0.307. The zero-order valence-electron chi connectivity index (χ0n) is 16.0. The number of sulfonamides is 1. The maximum atomic E-state index is 11.6. The Morgan fingerprint density at radius 2 is 1.83 bits per heavy atom. The molecular formula is C16H37IN4O2S. The Bertz CT molecular complexity index is 430. The van der Waals surface area contributed by atoms with E-state index >= 15 is 0 Å². The predicted molar refractivity (Wildman–Crippen MR) is 115 cm³/mol. The molecule has 0 rings (SSSR count). The van der Waals surface area contributed by atoms with Crippen LogP contribution < -0.4 is 10.6 Å². The number of hydrogen-bond donors (Lipinski definition) is 2. The molecule has 1 atom stereocenters. The summed E-state index contributed by atoms with van der Waals surface area (Å²) in [6, 6.07) is 0.390. The van der Waals surface area contributed by atoms with Crippen LogP contribution in [0.4, 0.5) is 0 Å². The van der Waals surface area contributed by atoms with Crippen molar-refractivity contribution in [3.63, 3.8) is 0 Å². The Hall–Kier alpha value is -0.0900. The molecule has 0 aromatic carbocycles. The highest BCUT2D eigenvalue weighted by Gasteiger charge is 2.14. The van der Waals surface area contributed by atoms with Gasteiger partial charge in [0.2, 0.25) is 10.0 Å². The summed E-state index contributed by atoms with van der Waals surface area (Å²) in [5.74, 6) is 0.935. The van der Waals surface area contributed by atoms with Crippen LogP contribution in [0.3, 0.4) is 0 Å². The topological polar surface area (TPSA) is 73.8 Å². The van der Waals surface area contributed by atoms with Gasteiger partial charge in [-0.3, -0.25) is 4.99 Å². The fourth-order valence-corrected chi connectivity index (χ4v) is 3.09. The second-order valence-corrected chi connectivity index (χ2v) is 8.33. The van der Waals surface area contributed by atoms with Crippen LogP contribution in [0, 0.1) is 0 Å². The Labute approximate surface area is 166 Å². The second-order valence-electron chi connectivity index (χ2n) is 5.97. The van der Waals surface area contributed by atoms with Gasteiger partial charge < -0.3 is 10.6 Å². The fourth-order valence-electron chi connectivity index (χ4n) is 2.25. The lowest BCUT2D eigenvalue weighted by Gasteiger charge is -2.19. The van der Waals surface area contributed by atoms with Crippen LogP contribution in [0.1, 0.15) is 59.3 Å². The van der Waals surface area contributed by atoms with Crippen LogP contribution in [0.2, 0.25) is 0 Å². The van der Waals surface area contributed by atoms with Crippen molar-refractivity contribution in [3.8, 4) is 0 Å². The van der Waals surface area contributed by atoms with Crippen molar-refractivity contribution >= 4 is 40.0 Å². The molecule has 1 unspecified atom stereocenters. The van der Waals surface area contributed by atoms with Crippen molar-refractivity contribution in [2.45, 2.75) is 65.3 Å². The van der Waals surface area contributed by atoms with Gasteiger partial charge in [0.25, 0.3) is 0 Å². The molecule has 0 aliphatic heterocycles. The highest BCUT2D eigenvalue weighted by atomic mass is 127. The molecule has 0 saturated carbocycles. The van der Waals surface area contributed by atoms with Crippen molar-refractivity contribution in [1.82, 2.24) is 14.9 Å². The molecular weight excluding hydrogens is 439 g/mol. The fraction of sp³-hybridized carbons (Fsp3) is 0.938. The van der Waals surface area contributed by atoms with Gasteiger partial charge in [0.15, 0.2) is 5.96 Å². The Kier molecular flexibility index (Phi) is 16.5. The SMILES string of the molecule is CCCCCCC(C)NC(=NC)NCCCN(C)S(=O)(=O)CC.I. The van der Waals surface area contributed by atoms with Crippen molar-refractivity contribution in [2.75, 3.05) is 32.9 Å². The molecule has 8 heteroatoms. The van der Waals surface area contributed by atoms with Gasteiger partial charge in [0.1, 0.15) is 0 Å². The summed E-state index contributed by atoms with van der Waals surface area (Å²) in [6.07, 6.45) is 6.96. The molecule has 146 valence electrons. The number of unbranched alkanes of at least 4 members (excludes halogenated alkanes) is 3. The monoisotopic (exact) mass is 476 g/mol. The van der Waals surface area contributed by atoms with E-state index in [1.54, 1.807) is 21.0 Å². The Balaban J connectivity index is 0. The second kappa shape index (κ2) is 15.2. The number of halogens is 1. The van der Waals surface area contributed by atoms with Gasteiger partial charge in [-0.05, 0) is 26.7 Å². The molecule has 0 aromatic rings. The van der Waals surface area contributed by atoms with Gasteiger partial charge >= 0.3 is 0 Å². The lowest BCUT2D eigenvalue weighted by molar-refractivity contribution is 0.460. The molecule has 24 heavy (non-hydrogen) atoms. The van der Waals surface area contributed by atoms with Gasteiger partial charge in [0.05, 0.1) is 5.75 Å². The molecule has 0 aliphatic carbocycles. The van der Waals surface area contributed by atoms with Gasteiger partial charge in [-0.2, -0.15) is 0 Å². The first-order chi connectivity index (χ1) is 10.9. The smallest absolute Gasteiger partial charge is 0.213 e. The van der Waals surface area contributed by atoms with Crippen LogP contribution in [0.15, 0.2) is 4.99 Å². The number of nitrogens with zero attached hydrogens (tertiary/aromatic N) is 2. The van der Waals surface area contributed by atoms with Crippen molar-refractivity contribution < 1.29 is 8.42 Å². The molecule has 0 bridgehead atoms. The molecule has 0 amide bonds. The first-order valence-electron chi connectivity index (χ1n) is 8.78. The first kappa shape index (κ1) is 26.1. The zero-order chi connectivity index (χ0) is 17.7. The van der Waals surface area contributed by atoms with Crippen LogP contribution in [0.25, 0.3) is 0 Å². The highest BCUT2D eigenvalue weighted by Crippen LogP contribution is 2.05. The minimum Gasteiger partial charge on any atom is -0.356 e. The van der Waals surface area contributed by atoms with Crippen LogP contribution >= 0.6 is 24.0 Å². The summed E-state index contributed by atoms with van der Waals surface area (Å²) in [4.78, 5) is 4.22. The number of aliphatic imine (C=N–C) groups is 1. The number of hydrogen-bond acceptors (Lipinski definition) is 3. The molecule has 6 nitrogen and oxygen atoms in total. The third-order valence-electron chi connectivity index (χ3n) is 3.88. The van der Waals surface area contributed by atoms with E-state index in [1.807, 2.05) is 0 Å². The summed E-state index contributed by atoms with van der Waals surface area (Å²) in [6.45, 7) is 7.27. The molecule has 0 aromatic heterocycles. The van der Waals surface area contributed by atoms with Crippen LogP contribution in [0.5, 0.6) is 0 Å². The van der Waals surface area contributed by atoms with Crippen LogP contribution in [-0.2, 0) is 10.0 Å². The lowest BCUT2D eigenvalue weighted by atomic mass is 10.1. The third kappa shape index (κ3) is 12.3. The van der Waals surface area contributed by atoms with Gasteiger partial charge in [-0.1, -0.05) is 32.6 Å². The molecule has 0 spiro atoms. The van der Waals surface area contributed by atoms with Crippen molar-refractivity contribution in [2.24, 2.45) is 4.99 Å². The summed E-state index contributed by atoms with van der Waals surface area (Å²) >= 11 is 0. The standard InChI is InChI=1S/C16H36N4O2S.HI/c1-6-8-9-10-12-15(3)19-16(17-4)18-13-11-14-20(5)23(21,22)7-2;/h15H,6-14H2,1-5H3,(H2,17,18,19);1H. The summed E-state index contributed by atoms with van der Waals surface area (Å²) < 4.78 is 24.7. The van der Waals surface area contributed by atoms with Gasteiger partial charge in [-0.15, -0.1) is 24.0 Å². The van der Waals surface area contributed by atoms with E-state index in [0.717, 1.165) is 18.8 Å². The van der Waals surface area contributed by atoms with E-state index in [4.69, 9.17) is 0 Å². The lowest BCUT2D eigenvalue weighted by Crippen LogP contribution is -2.43. The van der Waals surface area contributed by atoms with E-state index < -0.39 is 10.0 Å². The van der Waals surface area contributed by atoms with E-state index in [0.29, 0.717) is 19.1 Å². The average molecular weight is 476 g/mol. The first-order valence-corrected chi connectivity index (χ1v) is 10.4. The maximum absolute atomic E-state index is 11.6. The van der Waals surface area contributed by atoms with Gasteiger partial charge in [-0.25, -0.2) is 12.7 Å². The zero-order valence-corrected chi connectivity index (χ0v) is 19.1. The summed E-state index contributed by atoms with van der Waals surface area (Å²) in [5, 5.41) is 6.62. The van der Waals surface area contributed by atoms with E-state index in [1.165, 1.54) is 30.0 Å². The average Bonchev–Trinajstić information content (AvgIpc) is 2.53. The largest absolute Gasteiger partial charge is 0.356 e. The molecule has 0 heterocycles. The highest BCUT2D eigenvalue weighted by molar-refractivity contribution is 14.0. The quantitative estimate of drug-likeness (QED) is 0.197. The normalized spacial score (nSPS) is 13.5. The molecule has 0 fully saturated rings. The van der Waals surface area contributed by atoms with Crippen molar-refractivity contribution in [3.05, 3.63) is 0 Å². The number of rotatable bonds is 12. The summed E-state index contributed by atoms with van der Waals surface area (Å²) in [5.41, 5.74) is 0. The molecule has 2 N–H and O–H groups in total. The number of guanidine groups is 1. The number of nitrogens with one attached hydrogen (secondary N) is 2. The predicted octanol–water partition coefficient (Wildman–Crippen LogP) is 2.80. The van der Waals surface area contributed by atoms with E-state index in [2.05, 4.69) is 29.5 Å². The van der Waals surface area contributed by atoms with Crippen LogP contribution in [-0.4, -0.2) is 57.7 Å². The van der Waals surface area contributed by atoms with E-state index in [9.17, 15) is 8.42 Å². The molecule has 0 radical (unpaired) electrons. The Morgan fingerprint density at radius 3 is 2.38 bits per heavy atom.